The Labute approximate surface area is 151 Å². The molecule has 0 fully saturated rings. The normalized spacial score (nSPS) is 18.9. The highest BCUT2D eigenvalue weighted by atomic mass is 19.1. The van der Waals surface area contributed by atoms with Crippen LogP contribution in [0.15, 0.2) is 52.0 Å². The van der Waals surface area contributed by atoms with Gasteiger partial charge in [0.1, 0.15) is 5.82 Å². The van der Waals surface area contributed by atoms with Crippen molar-refractivity contribution < 1.29 is 9.13 Å². The molecular formula is C18H21FN6O. The fourth-order valence-corrected chi connectivity index (χ4v) is 2.53. The summed E-state index contributed by atoms with van der Waals surface area (Å²) in [4.78, 5) is 8.64. The molecule has 1 aliphatic rings. The SMILES string of the molecule is CC(C)Nc1nccc(CCOC2=NN=NC2(C)c2ccc(F)cc2)n1. The van der Waals surface area contributed by atoms with Crippen LogP contribution in [0.25, 0.3) is 0 Å². The number of hydrogen-bond donors (Lipinski definition) is 1. The predicted molar refractivity (Wildman–Crippen MR) is 96.5 cm³/mol. The Morgan fingerprint density at radius 3 is 2.69 bits per heavy atom. The third-order valence-electron chi connectivity index (χ3n) is 3.93. The van der Waals surface area contributed by atoms with Gasteiger partial charge in [-0.3, -0.25) is 0 Å². The Morgan fingerprint density at radius 1 is 1.19 bits per heavy atom. The van der Waals surface area contributed by atoms with Gasteiger partial charge in [0.2, 0.25) is 11.8 Å². The van der Waals surface area contributed by atoms with E-state index in [1.165, 1.54) is 12.1 Å². The molecule has 1 atom stereocenters. The van der Waals surface area contributed by atoms with E-state index in [0.29, 0.717) is 24.9 Å². The van der Waals surface area contributed by atoms with Gasteiger partial charge in [-0.15, -0.1) is 5.11 Å². The minimum atomic E-state index is -0.844. The van der Waals surface area contributed by atoms with Gasteiger partial charge in [-0.05, 0) is 49.8 Å². The first-order valence-corrected chi connectivity index (χ1v) is 8.45. The quantitative estimate of drug-likeness (QED) is 0.855. The number of nitrogens with zero attached hydrogens (tertiary/aromatic N) is 5. The summed E-state index contributed by atoms with van der Waals surface area (Å²) in [6.07, 6.45) is 2.31. The lowest BCUT2D eigenvalue weighted by Gasteiger charge is -2.21. The van der Waals surface area contributed by atoms with Crippen molar-refractivity contribution in [3.8, 4) is 0 Å². The van der Waals surface area contributed by atoms with E-state index < -0.39 is 5.54 Å². The van der Waals surface area contributed by atoms with Crippen LogP contribution in [0.3, 0.4) is 0 Å². The molecule has 1 aromatic heterocycles. The molecule has 2 heterocycles. The zero-order valence-corrected chi connectivity index (χ0v) is 15.0. The van der Waals surface area contributed by atoms with Gasteiger partial charge < -0.3 is 10.1 Å². The van der Waals surface area contributed by atoms with Crippen LogP contribution >= 0.6 is 0 Å². The fraction of sp³-hybridized carbons (Fsp3) is 0.389. The van der Waals surface area contributed by atoms with Gasteiger partial charge in [-0.1, -0.05) is 17.2 Å². The molecule has 7 nitrogen and oxygen atoms in total. The minimum Gasteiger partial charge on any atom is -0.477 e. The first-order chi connectivity index (χ1) is 12.5. The summed E-state index contributed by atoms with van der Waals surface area (Å²) in [6, 6.07) is 8.19. The Morgan fingerprint density at radius 2 is 1.96 bits per heavy atom. The second-order valence-electron chi connectivity index (χ2n) is 6.44. The van der Waals surface area contributed by atoms with Crippen LogP contribution in [0.2, 0.25) is 0 Å². The van der Waals surface area contributed by atoms with Gasteiger partial charge in [0.05, 0.1) is 6.61 Å². The summed E-state index contributed by atoms with van der Waals surface area (Å²) in [5, 5.41) is 15.1. The van der Waals surface area contributed by atoms with Crippen molar-refractivity contribution in [1.82, 2.24) is 9.97 Å². The van der Waals surface area contributed by atoms with Crippen molar-refractivity contribution in [2.24, 2.45) is 15.4 Å². The molecule has 0 saturated carbocycles. The van der Waals surface area contributed by atoms with Crippen molar-refractivity contribution in [2.45, 2.75) is 38.8 Å². The number of benzene rings is 1. The molecule has 0 spiro atoms. The molecule has 0 aliphatic carbocycles. The highest BCUT2D eigenvalue weighted by molar-refractivity contribution is 5.88. The molecular weight excluding hydrogens is 335 g/mol. The van der Waals surface area contributed by atoms with Crippen LogP contribution in [0, 0.1) is 5.82 Å². The maximum absolute atomic E-state index is 13.2. The second kappa shape index (κ2) is 7.55. The molecule has 1 unspecified atom stereocenters. The highest BCUT2D eigenvalue weighted by Gasteiger charge is 2.38. The van der Waals surface area contributed by atoms with Gasteiger partial charge in [-0.2, -0.15) is 0 Å². The maximum Gasteiger partial charge on any atom is 0.245 e. The van der Waals surface area contributed by atoms with Crippen LogP contribution in [-0.2, 0) is 16.7 Å². The molecule has 2 aromatic rings. The summed E-state index contributed by atoms with van der Waals surface area (Å²) in [5.41, 5.74) is 0.785. The first kappa shape index (κ1) is 17.9. The molecule has 8 heteroatoms. The number of anilines is 1. The largest absolute Gasteiger partial charge is 0.477 e. The molecule has 136 valence electrons. The van der Waals surface area contributed by atoms with E-state index in [-0.39, 0.29) is 11.9 Å². The van der Waals surface area contributed by atoms with Crippen LogP contribution in [0.4, 0.5) is 10.3 Å². The summed E-state index contributed by atoms with van der Waals surface area (Å²) in [5.74, 6) is 0.678. The van der Waals surface area contributed by atoms with Gasteiger partial charge in [0.25, 0.3) is 0 Å². The van der Waals surface area contributed by atoms with Gasteiger partial charge in [0, 0.05) is 24.4 Å². The zero-order chi connectivity index (χ0) is 18.6. The smallest absolute Gasteiger partial charge is 0.245 e. The molecule has 1 N–H and O–H groups in total. The Kier molecular flexibility index (Phi) is 5.20. The standard InChI is InChI=1S/C18H21FN6O/c1-12(2)21-17-20-10-8-15(22-17)9-11-26-16-18(3,24-25-23-16)13-4-6-14(19)7-5-13/h4-8,10,12H,9,11H2,1-3H3,(H,20,21,22). The van der Waals surface area contributed by atoms with Crippen molar-refractivity contribution in [2.75, 3.05) is 11.9 Å². The monoisotopic (exact) mass is 356 g/mol. The van der Waals surface area contributed by atoms with E-state index in [1.54, 1.807) is 18.3 Å². The molecule has 0 radical (unpaired) electrons. The molecule has 3 rings (SSSR count). The highest BCUT2D eigenvalue weighted by Crippen LogP contribution is 2.32. The van der Waals surface area contributed by atoms with Crippen LogP contribution in [0.5, 0.6) is 0 Å². The van der Waals surface area contributed by atoms with Gasteiger partial charge >= 0.3 is 0 Å². The fourth-order valence-electron chi connectivity index (χ4n) is 2.53. The predicted octanol–water partition coefficient (Wildman–Crippen LogP) is 3.69. The van der Waals surface area contributed by atoms with E-state index in [1.807, 2.05) is 26.8 Å². The lowest BCUT2D eigenvalue weighted by atomic mass is 9.93. The lowest BCUT2D eigenvalue weighted by molar-refractivity contribution is 0.281. The van der Waals surface area contributed by atoms with Gasteiger partial charge in [0.15, 0.2) is 5.54 Å². The van der Waals surface area contributed by atoms with Crippen molar-refractivity contribution >= 4 is 11.8 Å². The third kappa shape index (κ3) is 4.01. The van der Waals surface area contributed by atoms with Crippen molar-refractivity contribution in [1.29, 1.82) is 0 Å². The molecule has 0 saturated heterocycles. The summed E-state index contributed by atoms with van der Waals surface area (Å²) in [7, 11) is 0. The number of nitrogens with one attached hydrogen (secondary N) is 1. The Bertz CT molecular complexity index is 821. The van der Waals surface area contributed by atoms with Crippen LogP contribution in [-0.4, -0.2) is 28.5 Å². The number of rotatable bonds is 6. The minimum absolute atomic E-state index is 0.258. The van der Waals surface area contributed by atoms with Crippen molar-refractivity contribution in [3.63, 3.8) is 0 Å². The molecule has 26 heavy (non-hydrogen) atoms. The third-order valence-corrected chi connectivity index (χ3v) is 3.93. The summed E-state index contributed by atoms with van der Waals surface area (Å²) >= 11 is 0. The molecule has 1 aromatic carbocycles. The Hall–Kier alpha value is -2.90. The average molecular weight is 356 g/mol. The van der Waals surface area contributed by atoms with E-state index >= 15 is 0 Å². The van der Waals surface area contributed by atoms with E-state index in [9.17, 15) is 4.39 Å². The number of hydrogen-bond acceptors (Lipinski definition) is 7. The zero-order valence-electron chi connectivity index (χ0n) is 15.0. The first-order valence-electron chi connectivity index (χ1n) is 8.45. The van der Waals surface area contributed by atoms with E-state index in [4.69, 9.17) is 4.74 Å². The molecule has 1 aliphatic heterocycles. The number of halogens is 1. The summed E-state index contributed by atoms with van der Waals surface area (Å²) < 4.78 is 19.0. The van der Waals surface area contributed by atoms with Crippen LogP contribution in [0.1, 0.15) is 32.0 Å². The van der Waals surface area contributed by atoms with Crippen molar-refractivity contribution in [3.05, 3.63) is 53.6 Å². The summed E-state index contributed by atoms with van der Waals surface area (Å²) in [6.45, 7) is 6.27. The average Bonchev–Trinajstić information content (AvgIpc) is 2.97. The van der Waals surface area contributed by atoms with Crippen LogP contribution < -0.4 is 5.32 Å². The molecule has 0 bridgehead atoms. The van der Waals surface area contributed by atoms with Gasteiger partial charge in [-0.25, -0.2) is 14.4 Å². The number of ether oxygens (including phenoxy) is 1. The topological polar surface area (TPSA) is 84.1 Å². The number of aromatic nitrogens is 2. The molecule has 0 amide bonds. The van der Waals surface area contributed by atoms with E-state index in [2.05, 4.69) is 30.7 Å². The maximum atomic E-state index is 13.2. The van der Waals surface area contributed by atoms with E-state index in [0.717, 1.165) is 11.3 Å². The lowest BCUT2D eigenvalue weighted by Crippen LogP contribution is -2.30. The second-order valence-corrected chi connectivity index (χ2v) is 6.44. The Balaban J connectivity index is 1.62.